The molecule has 4 heterocycles. The SMILES string of the molecule is COP1(=O)OCC2OC(n3cnc4c(N)ncnc43)C(OC(=O)CCC(=O)NCCCCCCO[Si](OCCCCCCNC(=O)C(CCCCNC(=O)c3ccc(C(=O)c4ccccc4)cc3)NC(C)=O)(C(C)C)C(C)C)C2O1. The average Bonchev–Trinajstić information content (AvgIpc) is 4.04. The lowest BCUT2D eigenvalue weighted by Crippen LogP contribution is -2.48. The molecular weight excluding hydrogens is 1070 g/mol. The molecule has 4 aromatic rings. The van der Waals surface area contributed by atoms with Crippen LogP contribution in [-0.2, 0) is 55.6 Å². The van der Waals surface area contributed by atoms with Crippen molar-refractivity contribution in [3.05, 3.63) is 83.9 Å². The minimum absolute atomic E-state index is 0.108. The first kappa shape index (κ1) is 63.2. The first-order valence-corrected chi connectivity index (χ1v) is 31.2. The number of phosphoric acid groups is 1. The number of imidazole rings is 1. The van der Waals surface area contributed by atoms with Gasteiger partial charge in [0, 0.05) is 70.0 Å². The van der Waals surface area contributed by atoms with Crippen molar-refractivity contribution in [1.82, 2.24) is 40.8 Å². The number of aromatic nitrogens is 4. The number of phosphoric ester groups is 1. The van der Waals surface area contributed by atoms with E-state index >= 15 is 0 Å². The summed E-state index contributed by atoms with van der Waals surface area (Å²) >= 11 is 0. The molecule has 6 N–H and O–H groups in total. The van der Waals surface area contributed by atoms with Gasteiger partial charge in [-0.15, -0.1) is 0 Å². The molecule has 2 aromatic heterocycles. The molecule has 0 bridgehead atoms. The van der Waals surface area contributed by atoms with E-state index in [0.29, 0.717) is 80.0 Å². The van der Waals surface area contributed by atoms with E-state index in [-0.39, 0.29) is 65.8 Å². The first-order chi connectivity index (χ1) is 38.4. The number of nitrogens with zero attached hydrogens (tertiary/aromatic N) is 4. The van der Waals surface area contributed by atoms with Crippen LogP contribution in [0.2, 0.25) is 11.1 Å². The van der Waals surface area contributed by atoms with Gasteiger partial charge in [-0.25, -0.2) is 19.5 Å². The summed E-state index contributed by atoms with van der Waals surface area (Å²) in [6.07, 6.45) is 6.95. The Bertz CT molecular complexity index is 2710. The summed E-state index contributed by atoms with van der Waals surface area (Å²) < 4.78 is 55.7. The molecule has 438 valence electrons. The summed E-state index contributed by atoms with van der Waals surface area (Å²) in [7, 11) is -5.32. The van der Waals surface area contributed by atoms with E-state index in [1.54, 1.807) is 48.5 Å². The second-order valence-corrected chi connectivity index (χ2v) is 26.6. The molecule has 6 rings (SSSR count). The van der Waals surface area contributed by atoms with Crippen LogP contribution in [-0.4, -0.2) is 134 Å². The zero-order chi connectivity index (χ0) is 57.7. The number of carbonyl (C=O) groups is 6. The number of anilines is 1. The fourth-order valence-corrected chi connectivity index (χ4v) is 14.5. The maximum Gasteiger partial charge on any atom is 0.475 e. The predicted octanol–water partition coefficient (Wildman–Crippen LogP) is 7.15. The van der Waals surface area contributed by atoms with E-state index in [2.05, 4.69) is 63.9 Å². The molecule has 4 amide bonds. The molecule has 2 aromatic carbocycles. The maximum absolute atomic E-state index is 13.2. The number of esters is 1. The van der Waals surface area contributed by atoms with Gasteiger partial charge in [0.1, 0.15) is 30.1 Å². The third-order valence-corrected chi connectivity index (χ3v) is 20.0. The first-order valence-electron chi connectivity index (χ1n) is 27.8. The number of hydrogen-bond donors (Lipinski definition) is 5. The van der Waals surface area contributed by atoms with Gasteiger partial charge in [0.15, 0.2) is 29.6 Å². The van der Waals surface area contributed by atoms with Gasteiger partial charge in [-0.2, -0.15) is 0 Å². The van der Waals surface area contributed by atoms with Gasteiger partial charge in [0.2, 0.25) is 17.7 Å². The van der Waals surface area contributed by atoms with Gasteiger partial charge in [-0.1, -0.05) is 95.8 Å². The van der Waals surface area contributed by atoms with Crippen LogP contribution in [0.15, 0.2) is 67.3 Å². The molecule has 2 aliphatic rings. The van der Waals surface area contributed by atoms with Crippen molar-refractivity contribution >= 4 is 68.7 Å². The molecule has 2 aliphatic heterocycles. The van der Waals surface area contributed by atoms with Crippen molar-refractivity contribution in [3.63, 3.8) is 0 Å². The number of hydrogen-bond acceptors (Lipinski definition) is 18. The molecule has 2 fully saturated rings. The highest BCUT2D eigenvalue weighted by Gasteiger charge is 2.56. The number of rotatable bonds is 34. The van der Waals surface area contributed by atoms with Gasteiger partial charge in [0.05, 0.1) is 19.4 Å². The average molecular weight is 1150 g/mol. The zero-order valence-electron chi connectivity index (χ0n) is 46.9. The van der Waals surface area contributed by atoms with Crippen LogP contribution in [0.1, 0.15) is 151 Å². The third-order valence-electron chi connectivity index (χ3n) is 14.0. The van der Waals surface area contributed by atoms with Crippen molar-refractivity contribution in [3.8, 4) is 0 Å². The van der Waals surface area contributed by atoms with Crippen molar-refractivity contribution < 1.29 is 65.2 Å². The molecule has 23 nitrogen and oxygen atoms in total. The van der Waals surface area contributed by atoms with Gasteiger partial charge in [-0.05, 0) is 68.2 Å². The van der Waals surface area contributed by atoms with Crippen molar-refractivity contribution in [2.45, 2.75) is 160 Å². The van der Waals surface area contributed by atoms with E-state index in [9.17, 15) is 33.3 Å². The van der Waals surface area contributed by atoms with Crippen molar-refractivity contribution in [2.24, 2.45) is 0 Å². The number of nitrogen functional groups attached to an aromatic ring is 1. The van der Waals surface area contributed by atoms with E-state index in [4.69, 9.17) is 37.6 Å². The van der Waals surface area contributed by atoms with E-state index in [1.807, 2.05) is 6.07 Å². The summed E-state index contributed by atoms with van der Waals surface area (Å²) in [5.74, 6) is -1.73. The number of carbonyl (C=O) groups excluding carboxylic acids is 6. The molecule has 25 heteroatoms. The summed E-state index contributed by atoms with van der Waals surface area (Å²) in [6, 6.07) is 14.8. The molecule has 6 atom stereocenters. The van der Waals surface area contributed by atoms with Crippen LogP contribution in [0, 0.1) is 0 Å². The highest BCUT2D eigenvalue weighted by molar-refractivity contribution is 7.48. The molecule has 0 radical (unpaired) electrons. The minimum atomic E-state index is -3.95. The quantitative estimate of drug-likeness (QED) is 0.0102. The molecule has 0 aliphatic carbocycles. The summed E-state index contributed by atoms with van der Waals surface area (Å²) in [5.41, 5.74) is 8.62. The number of ether oxygens (including phenoxy) is 2. The molecule has 2 saturated heterocycles. The Morgan fingerprint density at radius 3 is 2.02 bits per heavy atom. The third kappa shape index (κ3) is 18.0. The zero-order valence-corrected chi connectivity index (χ0v) is 48.8. The van der Waals surface area contributed by atoms with Gasteiger partial charge in [-0.3, -0.25) is 46.9 Å². The number of nitrogens with two attached hydrogens (primary N) is 1. The second kappa shape index (κ2) is 31.3. The van der Waals surface area contributed by atoms with Crippen molar-refractivity contribution in [1.29, 1.82) is 0 Å². The Morgan fingerprint density at radius 2 is 1.38 bits per heavy atom. The van der Waals surface area contributed by atoms with Crippen LogP contribution in [0.5, 0.6) is 0 Å². The van der Waals surface area contributed by atoms with Gasteiger partial charge >= 0.3 is 22.4 Å². The second-order valence-electron chi connectivity index (χ2n) is 20.6. The highest BCUT2D eigenvalue weighted by atomic mass is 31.2. The fourth-order valence-electron chi connectivity index (χ4n) is 9.71. The molecule has 6 unspecified atom stereocenters. The largest absolute Gasteiger partial charge is 0.475 e. The van der Waals surface area contributed by atoms with Crippen LogP contribution in [0.25, 0.3) is 11.2 Å². The smallest absolute Gasteiger partial charge is 0.455 e. The predicted molar refractivity (Wildman–Crippen MR) is 299 cm³/mol. The lowest BCUT2D eigenvalue weighted by molar-refractivity contribution is -0.159. The van der Waals surface area contributed by atoms with E-state index in [0.717, 1.165) is 51.4 Å². The highest BCUT2D eigenvalue weighted by Crippen LogP contribution is 2.56. The normalized spacial score (nSPS) is 19.4. The van der Waals surface area contributed by atoms with Crippen LogP contribution in [0.3, 0.4) is 0 Å². The summed E-state index contributed by atoms with van der Waals surface area (Å²) in [4.78, 5) is 88.9. The Balaban J connectivity index is 0.804. The maximum atomic E-state index is 13.2. The fraction of sp³-hybridized carbons (Fsp3) is 0.582. The number of amides is 4. The molecule has 0 spiro atoms. The minimum Gasteiger partial charge on any atom is -0.455 e. The number of fused-ring (bicyclic) bond motifs is 2. The Labute approximate surface area is 469 Å². The number of benzene rings is 2. The number of nitrogens with one attached hydrogen (secondary N) is 4. The van der Waals surface area contributed by atoms with Crippen LogP contribution >= 0.6 is 7.82 Å². The Morgan fingerprint density at radius 1 is 0.762 bits per heavy atom. The Kier molecular flexibility index (Phi) is 24.7. The van der Waals surface area contributed by atoms with Gasteiger partial charge in [0.25, 0.3) is 5.91 Å². The van der Waals surface area contributed by atoms with Crippen molar-refractivity contribution in [2.75, 3.05) is 52.3 Å². The molecule has 0 saturated carbocycles. The standard InChI is InChI=1S/C55H80N9O14PSi/c1-37(2)80(38(3)4,75-33-19-10-8-16-30-59-54(70)43(63-39(5)65)22-14-17-31-58-53(69)42-25-23-41(24-26-42)48(68)40-20-12-11-13-21-40)74-32-18-9-7-15-29-57-45(66)27-28-46(67)77-50-49-44(34-73-79(71,72-6)78-49)76-55(50)64-36-62-47-51(56)60-35-61-52(47)64/h11-13,20-21,23-26,35-38,43-44,49-50,55H,7-10,14-19,22,27-34H2,1-6H3,(H,57,66)(H,58,69)(H,59,70)(H,63,65)(H2,56,60,61). The van der Waals surface area contributed by atoms with Crippen LogP contribution < -0.4 is 27.0 Å². The summed E-state index contributed by atoms with van der Waals surface area (Å²) in [6.45, 7) is 12.4. The van der Waals surface area contributed by atoms with Crippen LogP contribution in [0.4, 0.5) is 5.82 Å². The topological polar surface area (TPSA) is 302 Å². The number of unbranched alkanes of at least 4 members (excludes halogenated alkanes) is 7. The van der Waals surface area contributed by atoms with E-state index in [1.165, 1.54) is 31.3 Å². The number of ketones is 1. The van der Waals surface area contributed by atoms with Gasteiger partial charge < -0.3 is 45.3 Å². The summed E-state index contributed by atoms with van der Waals surface area (Å²) in [5, 5.41) is 11.5. The van der Waals surface area contributed by atoms with E-state index < -0.39 is 52.9 Å². The lowest BCUT2D eigenvalue weighted by Gasteiger charge is -2.37. The Hall–Kier alpha value is -5.98. The molecular formula is C55H80N9O14PSi. The monoisotopic (exact) mass is 1150 g/mol. The lowest BCUT2D eigenvalue weighted by atomic mass is 10.0. The molecule has 80 heavy (non-hydrogen) atoms.